The van der Waals surface area contributed by atoms with Crippen LogP contribution in [0, 0.1) is 0 Å². The molecule has 0 radical (unpaired) electrons. The summed E-state index contributed by atoms with van der Waals surface area (Å²) < 4.78 is 5.27. The molecule has 0 saturated heterocycles. The largest absolute Gasteiger partial charge is 0.451 e. The molecule has 2 aromatic carbocycles. The summed E-state index contributed by atoms with van der Waals surface area (Å²) in [6, 6.07) is 11.5. The van der Waals surface area contributed by atoms with Crippen LogP contribution in [-0.2, 0) is 17.6 Å². The van der Waals surface area contributed by atoms with Gasteiger partial charge in [-0.15, -0.1) is 0 Å². The van der Waals surface area contributed by atoms with Gasteiger partial charge in [-0.1, -0.05) is 12.1 Å². The van der Waals surface area contributed by atoms with Gasteiger partial charge in [0.1, 0.15) is 0 Å². The lowest BCUT2D eigenvalue weighted by molar-refractivity contribution is 0.0318. The molecule has 25 heavy (non-hydrogen) atoms. The zero-order valence-electron chi connectivity index (χ0n) is 14.0. The Kier molecular flexibility index (Phi) is 4.65. The molecule has 2 aromatic rings. The highest BCUT2D eigenvalue weighted by Crippen LogP contribution is 2.23. The van der Waals surface area contributed by atoms with Crippen molar-refractivity contribution in [1.29, 1.82) is 0 Å². The van der Waals surface area contributed by atoms with Crippen LogP contribution in [0.25, 0.3) is 0 Å². The fourth-order valence-corrected chi connectivity index (χ4v) is 3.01. The van der Waals surface area contributed by atoms with Crippen LogP contribution in [0.3, 0.4) is 0 Å². The molecule has 1 amide bonds. The Morgan fingerprint density at radius 3 is 2.20 bits per heavy atom. The molecule has 128 valence electrons. The SMILES string of the molecule is C[C@@H](OC(=O)c1ccc(C(N)=O)cc1)C(=O)c1ccc2c(c1)CCC2. The molecule has 0 aliphatic heterocycles. The number of ether oxygens (including phenoxy) is 1. The zero-order chi connectivity index (χ0) is 18.0. The monoisotopic (exact) mass is 337 g/mol. The molecule has 1 aliphatic carbocycles. The summed E-state index contributed by atoms with van der Waals surface area (Å²) in [5, 5.41) is 0. The third-order valence-electron chi connectivity index (χ3n) is 4.44. The van der Waals surface area contributed by atoms with Crippen LogP contribution >= 0.6 is 0 Å². The van der Waals surface area contributed by atoms with E-state index in [9.17, 15) is 14.4 Å². The van der Waals surface area contributed by atoms with E-state index < -0.39 is 18.0 Å². The van der Waals surface area contributed by atoms with Gasteiger partial charge in [0.25, 0.3) is 0 Å². The molecule has 0 fully saturated rings. The van der Waals surface area contributed by atoms with Gasteiger partial charge < -0.3 is 10.5 Å². The molecule has 0 spiro atoms. The Balaban J connectivity index is 1.68. The van der Waals surface area contributed by atoms with Crippen LogP contribution in [-0.4, -0.2) is 23.8 Å². The molecule has 0 aromatic heterocycles. The van der Waals surface area contributed by atoms with Crippen LogP contribution in [0.15, 0.2) is 42.5 Å². The number of primary amides is 1. The second kappa shape index (κ2) is 6.89. The molecule has 0 unspecified atom stereocenters. The summed E-state index contributed by atoms with van der Waals surface area (Å²) in [4.78, 5) is 35.7. The van der Waals surface area contributed by atoms with Crippen molar-refractivity contribution in [2.75, 3.05) is 0 Å². The van der Waals surface area contributed by atoms with Crippen molar-refractivity contribution in [3.63, 3.8) is 0 Å². The van der Waals surface area contributed by atoms with Gasteiger partial charge in [-0.05, 0) is 67.6 Å². The first-order valence-corrected chi connectivity index (χ1v) is 8.22. The zero-order valence-corrected chi connectivity index (χ0v) is 14.0. The molecule has 0 heterocycles. The Hall–Kier alpha value is -2.95. The predicted molar refractivity (Wildman–Crippen MR) is 92.6 cm³/mol. The lowest BCUT2D eigenvalue weighted by Crippen LogP contribution is -2.24. The second-order valence-corrected chi connectivity index (χ2v) is 6.19. The summed E-state index contributed by atoms with van der Waals surface area (Å²) >= 11 is 0. The lowest BCUT2D eigenvalue weighted by atomic mass is 10.0. The minimum Gasteiger partial charge on any atom is -0.451 e. The maximum atomic E-state index is 12.5. The molecule has 2 N–H and O–H groups in total. The number of hydrogen-bond donors (Lipinski definition) is 1. The first-order valence-electron chi connectivity index (χ1n) is 8.22. The number of nitrogens with two attached hydrogens (primary N) is 1. The minimum absolute atomic E-state index is 0.225. The van der Waals surface area contributed by atoms with Crippen molar-refractivity contribution >= 4 is 17.7 Å². The van der Waals surface area contributed by atoms with Gasteiger partial charge in [0, 0.05) is 11.1 Å². The van der Waals surface area contributed by atoms with Gasteiger partial charge >= 0.3 is 5.97 Å². The molecule has 1 aliphatic rings. The number of esters is 1. The van der Waals surface area contributed by atoms with Crippen molar-refractivity contribution < 1.29 is 19.1 Å². The maximum Gasteiger partial charge on any atom is 0.338 e. The minimum atomic E-state index is -0.886. The van der Waals surface area contributed by atoms with Gasteiger partial charge in [0.15, 0.2) is 6.10 Å². The van der Waals surface area contributed by atoms with E-state index in [0.29, 0.717) is 11.1 Å². The fraction of sp³-hybridized carbons (Fsp3) is 0.250. The van der Waals surface area contributed by atoms with Crippen LogP contribution in [0.2, 0.25) is 0 Å². The van der Waals surface area contributed by atoms with Crippen LogP contribution in [0.1, 0.15) is 55.5 Å². The van der Waals surface area contributed by atoms with E-state index in [2.05, 4.69) is 0 Å². The Labute approximate surface area is 145 Å². The average Bonchev–Trinajstić information content (AvgIpc) is 3.08. The number of carbonyl (C=O) groups excluding carboxylic acids is 3. The highest BCUT2D eigenvalue weighted by atomic mass is 16.5. The molecular formula is C20H19NO4. The number of aryl methyl sites for hydroxylation is 2. The molecule has 0 bridgehead atoms. The number of ketones is 1. The first-order chi connectivity index (χ1) is 12.0. The number of hydrogen-bond acceptors (Lipinski definition) is 4. The van der Waals surface area contributed by atoms with Crippen molar-refractivity contribution in [2.24, 2.45) is 5.73 Å². The highest BCUT2D eigenvalue weighted by Gasteiger charge is 2.22. The standard InChI is InChI=1S/C20H19NO4/c1-12(18(22)17-10-5-13-3-2-4-16(13)11-17)25-20(24)15-8-6-14(7-9-15)19(21)23/h5-12H,2-4H2,1H3,(H2,21,23)/t12-/m1/s1. The number of amides is 1. The summed E-state index contributed by atoms with van der Waals surface area (Å²) in [7, 11) is 0. The summed E-state index contributed by atoms with van der Waals surface area (Å²) in [5.74, 6) is -1.41. The maximum absolute atomic E-state index is 12.5. The van der Waals surface area contributed by atoms with Gasteiger partial charge in [-0.3, -0.25) is 9.59 Å². The molecular weight excluding hydrogens is 318 g/mol. The Morgan fingerprint density at radius 2 is 1.52 bits per heavy atom. The molecule has 1 atom stereocenters. The Morgan fingerprint density at radius 1 is 0.920 bits per heavy atom. The number of rotatable bonds is 5. The van der Waals surface area contributed by atoms with E-state index in [-0.39, 0.29) is 11.3 Å². The van der Waals surface area contributed by atoms with E-state index in [4.69, 9.17) is 10.5 Å². The lowest BCUT2D eigenvalue weighted by Gasteiger charge is -2.13. The van der Waals surface area contributed by atoms with E-state index >= 15 is 0 Å². The van der Waals surface area contributed by atoms with Gasteiger partial charge in [-0.25, -0.2) is 4.79 Å². The predicted octanol–water partition coefficient (Wildman–Crippen LogP) is 2.70. The highest BCUT2D eigenvalue weighted by molar-refractivity contribution is 6.02. The van der Waals surface area contributed by atoms with Gasteiger partial charge in [0.05, 0.1) is 5.56 Å². The topological polar surface area (TPSA) is 86.5 Å². The summed E-state index contributed by atoms with van der Waals surface area (Å²) in [5.41, 5.74) is 8.78. The number of carbonyl (C=O) groups is 3. The third kappa shape index (κ3) is 3.60. The van der Waals surface area contributed by atoms with E-state index in [1.54, 1.807) is 13.0 Å². The van der Waals surface area contributed by atoms with Crippen molar-refractivity contribution in [2.45, 2.75) is 32.3 Å². The molecule has 0 saturated carbocycles. The number of fused-ring (bicyclic) bond motifs is 1. The van der Waals surface area contributed by atoms with E-state index in [1.807, 2.05) is 12.1 Å². The third-order valence-corrected chi connectivity index (χ3v) is 4.44. The molecule has 5 nitrogen and oxygen atoms in total. The van der Waals surface area contributed by atoms with Gasteiger partial charge in [0.2, 0.25) is 11.7 Å². The van der Waals surface area contributed by atoms with Crippen molar-refractivity contribution in [3.8, 4) is 0 Å². The number of Topliss-reactive ketones (excluding diaryl/α,β-unsaturated/α-hetero) is 1. The van der Waals surface area contributed by atoms with Gasteiger partial charge in [-0.2, -0.15) is 0 Å². The Bertz CT molecular complexity index is 839. The normalized spacial score (nSPS) is 13.8. The van der Waals surface area contributed by atoms with E-state index in [0.717, 1.165) is 19.3 Å². The summed E-state index contributed by atoms with van der Waals surface area (Å²) in [6.45, 7) is 1.56. The average molecular weight is 337 g/mol. The van der Waals surface area contributed by atoms with Crippen molar-refractivity contribution in [1.82, 2.24) is 0 Å². The van der Waals surface area contributed by atoms with Crippen molar-refractivity contribution in [3.05, 3.63) is 70.3 Å². The smallest absolute Gasteiger partial charge is 0.338 e. The fourth-order valence-electron chi connectivity index (χ4n) is 3.01. The first kappa shape index (κ1) is 16.9. The van der Waals surface area contributed by atoms with Crippen LogP contribution < -0.4 is 5.73 Å². The molecule has 5 heteroatoms. The van der Waals surface area contributed by atoms with E-state index in [1.165, 1.54) is 35.4 Å². The number of benzene rings is 2. The van der Waals surface area contributed by atoms with Crippen LogP contribution in [0.5, 0.6) is 0 Å². The van der Waals surface area contributed by atoms with Crippen LogP contribution in [0.4, 0.5) is 0 Å². The second-order valence-electron chi connectivity index (χ2n) is 6.19. The quantitative estimate of drug-likeness (QED) is 0.671. The molecule has 3 rings (SSSR count). The summed E-state index contributed by atoms with van der Waals surface area (Å²) in [6.07, 6.45) is 2.26.